The van der Waals surface area contributed by atoms with E-state index in [1.807, 2.05) is 12.1 Å². The fourth-order valence-corrected chi connectivity index (χ4v) is 4.98. The number of hydrogen-bond donors (Lipinski definition) is 0. The molecule has 0 N–H and O–H groups in total. The maximum atomic E-state index is 4.66. The largest absolute Gasteiger partial charge is 0.195 e. The highest BCUT2D eigenvalue weighted by Gasteiger charge is 2.45. The van der Waals surface area contributed by atoms with E-state index in [9.17, 15) is 0 Å². The number of thiocarbonyl (C=S) groups is 1. The average Bonchev–Trinajstić information content (AvgIpc) is 3.07. The summed E-state index contributed by atoms with van der Waals surface area (Å²) in [5.41, 5.74) is 5.53. The molecule has 1 fully saturated rings. The van der Waals surface area contributed by atoms with Gasteiger partial charge in [-0.05, 0) is 84.0 Å². The highest BCUT2D eigenvalue weighted by Crippen LogP contribution is 2.54. The predicted octanol–water partition coefficient (Wildman–Crippen LogP) is 5.58. The fraction of sp³-hybridized carbons (Fsp3) is 0.381. The number of nitrogens with zero attached hydrogens (tertiary/aromatic N) is 1. The molecule has 116 valence electrons. The van der Waals surface area contributed by atoms with Crippen molar-refractivity contribution in [2.75, 3.05) is 0 Å². The zero-order valence-corrected chi connectivity index (χ0v) is 14.2. The van der Waals surface area contributed by atoms with Gasteiger partial charge < -0.3 is 0 Å². The molecule has 0 spiro atoms. The molecule has 0 amide bonds. The van der Waals surface area contributed by atoms with Gasteiger partial charge in [-0.15, -0.1) is 0 Å². The second-order valence-electron chi connectivity index (χ2n) is 7.12. The molecule has 0 saturated heterocycles. The second-order valence-corrected chi connectivity index (χ2v) is 7.30. The van der Waals surface area contributed by atoms with Gasteiger partial charge in [0.15, 0.2) is 0 Å². The summed E-state index contributed by atoms with van der Waals surface area (Å²) < 4.78 is 0. The molecule has 4 atom stereocenters. The molecular formula is C21H21NS. The third-order valence-corrected chi connectivity index (χ3v) is 6.02. The van der Waals surface area contributed by atoms with E-state index in [2.05, 4.69) is 65.7 Å². The van der Waals surface area contributed by atoms with E-state index in [4.69, 9.17) is 0 Å². The molecule has 0 aromatic heterocycles. The van der Waals surface area contributed by atoms with Gasteiger partial charge >= 0.3 is 0 Å². The van der Waals surface area contributed by atoms with E-state index in [1.165, 1.54) is 24.8 Å². The van der Waals surface area contributed by atoms with Gasteiger partial charge in [-0.3, -0.25) is 0 Å². The first kappa shape index (κ1) is 14.8. The Morgan fingerprint density at radius 2 is 1.91 bits per heavy atom. The van der Waals surface area contributed by atoms with Crippen LogP contribution in [0.2, 0.25) is 0 Å². The number of hydrogen-bond acceptors (Lipinski definition) is 2. The van der Waals surface area contributed by atoms with E-state index >= 15 is 0 Å². The summed E-state index contributed by atoms with van der Waals surface area (Å²) in [6.07, 6.45) is 3.82. The maximum absolute atomic E-state index is 4.66. The first-order chi connectivity index (χ1) is 11.3. The lowest BCUT2D eigenvalue weighted by Crippen LogP contribution is -2.12. The van der Waals surface area contributed by atoms with Crippen LogP contribution < -0.4 is 0 Å². The maximum Gasteiger partial charge on any atom is 0.0739 e. The third-order valence-electron chi connectivity index (χ3n) is 5.93. The molecular weight excluding hydrogens is 298 g/mol. The average molecular weight is 319 g/mol. The molecule has 0 aliphatic heterocycles. The summed E-state index contributed by atoms with van der Waals surface area (Å²) in [5.74, 6) is 3.18. The van der Waals surface area contributed by atoms with Crippen molar-refractivity contribution < 1.29 is 0 Å². The molecule has 2 aliphatic carbocycles. The lowest BCUT2D eigenvalue weighted by atomic mass is 9.84. The van der Waals surface area contributed by atoms with E-state index in [-0.39, 0.29) is 0 Å². The van der Waals surface area contributed by atoms with Gasteiger partial charge in [-0.2, -0.15) is 4.99 Å². The monoisotopic (exact) mass is 319 g/mol. The quantitative estimate of drug-likeness (QED) is 0.532. The Morgan fingerprint density at radius 3 is 2.70 bits per heavy atom. The minimum atomic E-state index is 0.766. The summed E-state index contributed by atoms with van der Waals surface area (Å²) in [5, 5.41) is 2.43. The zero-order valence-electron chi connectivity index (χ0n) is 13.4. The van der Waals surface area contributed by atoms with Gasteiger partial charge in [0.05, 0.1) is 10.8 Å². The zero-order chi connectivity index (χ0) is 15.8. The summed E-state index contributed by atoms with van der Waals surface area (Å²) in [4.78, 5) is 4.03. The molecule has 2 aliphatic rings. The van der Waals surface area contributed by atoms with E-state index in [0.717, 1.165) is 29.4 Å². The van der Waals surface area contributed by atoms with Crippen molar-refractivity contribution in [3.8, 4) is 0 Å². The Morgan fingerprint density at radius 1 is 1.13 bits per heavy atom. The van der Waals surface area contributed by atoms with Crippen molar-refractivity contribution in [2.45, 2.75) is 32.1 Å². The number of aliphatic imine (C=N–C) groups is 1. The normalized spacial score (nSPS) is 28.0. The van der Waals surface area contributed by atoms with Crippen LogP contribution >= 0.6 is 12.2 Å². The van der Waals surface area contributed by atoms with Crippen LogP contribution in [-0.4, -0.2) is 5.16 Å². The van der Waals surface area contributed by atoms with Crippen LogP contribution in [-0.2, 0) is 12.8 Å². The Hall–Kier alpha value is -1.76. The predicted molar refractivity (Wildman–Crippen MR) is 98.5 cm³/mol. The minimum Gasteiger partial charge on any atom is -0.195 e. The Kier molecular flexibility index (Phi) is 3.88. The molecule has 2 aromatic carbocycles. The highest BCUT2D eigenvalue weighted by molar-refractivity contribution is 7.78. The van der Waals surface area contributed by atoms with Gasteiger partial charge in [0.1, 0.15) is 0 Å². The van der Waals surface area contributed by atoms with Crippen LogP contribution in [0.4, 0.5) is 5.69 Å². The number of benzene rings is 2. The van der Waals surface area contributed by atoms with E-state index in [0.29, 0.717) is 0 Å². The van der Waals surface area contributed by atoms with Crippen LogP contribution in [0.1, 0.15) is 36.0 Å². The topological polar surface area (TPSA) is 12.4 Å². The van der Waals surface area contributed by atoms with Crippen molar-refractivity contribution in [1.82, 2.24) is 0 Å². The van der Waals surface area contributed by atoms with Crippen LogP contribution in [0.15, 0.2) is 53.5 Å². The van der Waals surface area contributed by atoms with Gasteiger partial charge in [-0.25, -0.2) is 0 Å². The Bertz CT molecular complexity index is 758. The molecule has 2 aromatic rings. The summed E-state index contributed by atoms with van der Waals surface area (Å²) in [6.45, 7) is 2.46. The minimum absolute atomic E-state index is 0.766. The van der Waals surface area contributed by atoms with Crippen molar-refractivity contribution in [3.05, 3.63) is 65.2 Å². The fourth-order valence-electron chi connectivity index (χ4n) is 4.88. The second kappa shape index (κ2) is 6.03. The molecule has 1 unspecified atom stereocenters. The Balaban J connectivity index is 1.51. The molecule has 1 saturated carbocycles. The molecule has 0 bridgehead atoms. The van der Waals surface area contributed by atoms with Gasteiger partial charge in [0.2, 0.25) is 0 Å². The van der Waals surface area contributed by atoms with Crippen LogP contribution in [0, 0.1) is 17.8 Å². The van der Waals surface area contributed by atoms with Crippen LogP contribution in [0.3, 0.4) is 0 Å². The summed E-state index contributed by atoms with van der Waals surface area (Å²) >= 11 is 4.66. The SMILES string of the molecule is CC1[C@H](Cc2ccc(N=C=S)cc2)C[C@H]2Cc3ccccc3[C@@H]12. The number of isothiocyanates is 1. The first-order valence-electron chi connectivity index (χ1n) is 8.51. The summed E-state index contributed by atoms with van der Waals surface area (Å²) in [6, 6.07) is 17.6. The van der Waals surface area contributed by atoms with Crippen molar-refractivity contribution in [1.29, 1.82) is 0 Å². The highest BCUT2D eigenvalue weighted by atomic mass is 32.1. The standard InChI is InChI=1S/C21H21NS/c1-14-17(10-15-6-8-19(9-7-15)22-13-23)12-18-11-16-4-2-3-5-20(16)21(14)18/h2-9,14,17-18,21H,10-12H2,1H3/t14?,17-,18-,21+/m1/s1. The van der Waals surface area contributed by atoms with Crippen molar-refractivity contribution in [3.63, 3.8) is 0 Å². The number of rotatable bonds is 3. The lowest BCUT2D eigenvalue weighted by Gasteiger charge is -2.21. The van der Waals surface area contributed by atoms with Gasteiger partial charge in [0, 0.05) is 0 Å². The molecule has 23 heavy (non-hydrogen) atoms. The number of fused-ring (bicyclic) bond motifs is 3. The van der Waals surface area contributed by atoms with E-state index in [1.54, 1.807) is 11.1 Å². The molecule has 4 rings (SSSR count). The third kappa shape index (κ3) is 2.67. The first-order valence-corrected chi connectivity index (χ1v) is 8.91. The smallest absolute Gasteiger partial charge is 0.0739 e. The van der Waals surface area contributed by atoms with Crippen molar-refractivity contribution >= 4 is 23.1 Å². The molecule has 0 radical (unpaired) electrons. The Labute approximate surface area is 143 Å². The van der Waals surface area contributed by atoms with Gasteiger partial charge in [-0.1, -0.05) is 43.3 Å². The molecule has 2 heteroatoms. The molecule has 1 nitrogen and oxygen atoms in total. The van der Waals surface area contributed by atoms with Crippen LogP contribution in [0.5, 0.6) is 0 Å². The van der Waals surface area contributed by atoms with Crippen molar-refractivity contribution in [2.24, 2.45) is 22.7 Å². The van der Waals surface area contributed by atoms with Gasteiger partial charge in [0.25, 0.3) is 0 Å². The molecule has 0 heterocycles. The summed E-state index contributed by atoms with van der Waals surface area (Å²) in [7, 11) is 0. The van der Waals surface area contributed by atoms with Crippen LogP contribution in [0.25, 0.3) is 0 Å². The lowest BCUT2D eigenvalue weighted by molar-refractivity contribution is 0.390. The van der Waals surface area contributed by atoms with E-state index < -0.39 is 0 Å².